The molecule has 3 heteroatoms. The summed E-state index contributed by atoms with van der Waals surface area (Å²) in [5.41, 5.74) is 1.31. The van der Waals surface area contributed by atoms with Crippen LogP contribution >= 0.6 is 0 Å². The second-order valence-corrected chi connectivity index (χ2v) is 6.74. The van der Waals surface area contributed by atoms with Crippen LogP contribution < -0.4 is 9.47 Å². The summed E-state index contributed by atoms with van der Waals surface area (Å²) in [5, 5.41) is 8.38. The standard InChI is InChI=1S/C13H20O2.C7H16O/c1-10(2)5-6-11-7-8-12(14-3)13(9-11)15-4;1-7(2)5-3-4-6-8/h7-10H,5-6H2,1-4H3;7-8H,3-6H2,1-2H3. The molecule has 0 amide bonds. The zero-order valence-corrected chi connectivity index (χ0v) is 15.9. The molecule has 0 spiro atoms. The molecule has 134 valence electrons. The molecule has 0 heterocycles. The lowest BCUT2D eigenvalue weighted by atomic mass is 10.0. The van der Waals surface area contributed by atoms with Gasteiger partial charge in [0.2, 0.25) is 0 Å². The summed E-state index contributed by atoms with van der Waals surface area (Å²) in [6, 6.07) is 6.12. The quantitative estimate of drug-likeness (QED) is 0.642. The summed E-state index contributed by atoms with van der Waals surface area (Å²) in [5.74, 6) is 3.14. The molecule has 0 aliphatic rings. The Labute approximate surface area is 143 Å². The first-order valence-electron chi connectivity index (χ1n) is 8.76. The molecular weight excluding hydrogens is 288 g/mol. The van der Waals surface area contributed by atoms with Gasteiger partial charge in [-0.15, -0.1) is 0 Å². The SMILES string of the molecule is CC(C)CCCCO.COc1ccc(CCC(C)C)cc1OC. The van der Waals surface area contributed by atoms with Gasteiger partial charge in [-0.2, -0.15) is 0 Å². The van der Waals surface area contributed by atoms with Gasteiger partial charge in [-0.25, -0.2) is 0 Å². The number of aliphatic hydroxyl groups is 1. The van der Waals surface area contributed by atoms with E-state index in [2.05, 4.69) is 39.8 Å². The van der Waals surface area contributed by atoms with E-state index < -0.39 is 0 Å². The van der Waals surface area contributed by atoms with Gasteiger partial charge in [0.25, 0.3) is 0 Å². The number of unbranched alkanes of at least 4 members (excludes halogenated alkanes) is 1. The Kier molecular flexibility index (Phi) is 12.5. The predicted molar refractivity (Wildman–Crippen MR) is 98.5 cm³/mol. The molecule has 0 bridgehead atoms. The van der Waals surface area contributed by atoms with E-state index in [-0.39, 0.29) is 0 Å². The number of rotatable bonds is 9. The van der Waals surface area contributed by atoms with Crippen molar-refractivity contribution in [3.05, 3.63) is 23.8 Å². The fourth-order valence-corrected chi connectivity index (χ4v) is 2.16. The van der Waals surface area contributed by atoms with Gasteiger partial charge in [0.1, 0.15) is 0 Å². The van der Waals surface area contributed by atoms with Gasteiger partial charge in [0, 0.05) is 6.61 Å². The van der Waals surface area contributed by atoms with Crippen molar-refractivity contribution >= 4 is 0 Å². The summed E-state index contributed by atoms with van der Waals surface area (Å²) in [6.45, 7) is 9.24. The molecule has 3 nitrogen and oxygen atoms in total. The van der Waals surface area contributed by atoms with Crippen molar-refractivity contribution in [2.75, 3.05) is 20.8 Å². The Balaban J connectivity index is 0.000000515. The van der Waals surface area contributed by atoms with E-state index in [1.54, 1.807) is 14.2 Å². The number of hydrogen-bond donors (Lipinski definition) is 1. The highest BCUT2D eigenvalue weighted by molar-refractivity contribution is 5.42. The Morgan fingerprint density at radius 1 is 0.870 bits per heavy atom. The normalized spacial score (nSPS) is 10.5. The fourth-order valence-electron chi connectivity index (χ4n) is 2.16. The summed E-state index contributed by atoms with van der Waals surface area (Å²) < 4.78 is 10.5. The first-order valence-corrected chi connectivity index (χ1v) is 8.76. The predicted octanol–water partition coefficient (Wildman–Crippen LogP) is 5.10. The van der Waals surface area contributed by atoms with E-state index in [1.807, 2.05) is 6.07 Å². The highest BCUT2D eigenvalue weighted by Crippen LogP contribution is 2.28. The minimum Gasteiger partial charge on any atom is -0.493 e. The number of benzene rings is 1. The van der Waals surface area contributed by atoms with Crippen LogP contribution in [0.3, 0.4) is 0 Å². The lowest BCUT2D eigenvalue weighted by Crippen LogP contribution is -1.95. The second kappa shape index (κ2) is 13.2. The number of aryl methyl sites for hydroxylation is 1. The summed E-state index contributed by atoms with van der Waals surface area (Å²) >= 11 is 0. The summed E-state index contributed by atoms with van der Waals surface area (Å²) in [7, 11) is 3.33. The molecule has 1 rings (SSSR count). The molecule has 1 aromatic rings. The fraction of sp³-hybridized carbons (Fsp3) is 0.700. The highest BCUT2D eigenvalue weighted by Gasteiger charge is 2.04. The van der Waals surface area contributed by atoms with Crippen LogP contribution in [-0.2, 0) is 6.42 Å². The van der Waals surface area contributed by atoms with Crippen molar-refractivity contribution < 1.29 is 14.6 Å². The van der Waals surface area contributed by atoms with Crippen molar-refractivity contribution in [2.45, 2.75) is 59.8 Å². The van der Waals surface area contributed by atoms with E-state index in [9.17, 15) is 0 Å². The topological polar surface area (TPSA) is 38.7 Å². The molecule has 0 aliphatic heterocycles. The largest absolute Gasteiger partial charge is 0.493 e. The summed E-state index contributed by atoms with van der Waals surface area (Å²) in [4.78, 5) is 0. The van der Waals surface area contributed by atoms with Crippen molar-refractivity contribution in [2.24, 2.45) is 11.8 Å². The Bertz CT molecular complexity index is 400. The molecule has 1 aromatic carbocycles. The van der Waals surface area contributed by atoms with Crippen LogP contribution in [0.5, 0.6) is 11.5 Å². The highest BCUT2D eigenvalue weighted by atomic mass is 16.5. The maximum Gasteiger partial charge on any atom is 0.160 e. The van der Waals surface area contributed by atoms with Crippen LogP contribution in [0, 0.1) is 11.8 Å². The van der Waals surface area contributed by atoms with Gasteiger partial charge in [0.05, 0.1) is 14.2 Å². The maximum absolute atomic E-state index is 8.38. The Hall–Kier alpha value is -1.22. The third-order valence-corrected chi connectivity index (χ3v) is 3.65. The van der Waals surface area contributed by atoms with Crippen molar-refractivity contribution in [3.8, 4) is 11.5 Å². The molecule has 0 radical (unpaired) electrons. The lowest BCUT2D eigenvalue weighted by molar-refractivity contribution is 0.280. The minimum atomic E-state index is 0.354. The van der Waals surface area contributed by atoms with Crippen LogP contribution in [-0.4, -0.2) is 25.9 Å². The van der Waals surface area contributed by atoms with Crippen molar-refractivity contribution in [3.63, 3.8) is 0 Å². The van der Waals surface area contributed by atoms with Crippen LogP contribution in [0.1, 0.15) is 58.9 Å². The van der Waals surface area contributed by atoms with E-state index in [1.165, 1.54) is 24.8 Å². The zero-order valence-electron chi connectivity index (χ0n) is 15.9. The molecule has 23 heavy (non-hydrogen) atoms. The molecular formula is C20H36O3. The monoisotopic (exact) mass is 324 g/mol. The molecule has 0 saturated carbocycles. The van der Waals surface area contributed by atoms with Gasteiger partial charge < -0.3 is 14.6 Å². The van der Waals surface area contributed by atoms with Crippen LogP contribution in [0.25, 0.3) is 0 Å². The Morgan fingerprint density at radius 2 is 1.48 bits per heavy atom. The zero-order chi connectivity index (χ0) is 17.7. The van der Waals surface area contributed by atoms with Gasteiger partial charge in [-0.05, 0) is 48.8 Å². The number of hydrogen-bond acceptors (Lipinski definition) is 3. The number of methoxy groups -OCH3 is 2. The smallest absolute Gasteiger partial charge is 0.160 e. The van der Waals surface area contributed by atoms with E-state index in [4.69, 9.17) is 14.6 Å². The maximum atomic E-state index is 8.38. The van der Waals surface area contributed by atoms with E-state index in [0.717, 1.165) is 36.2 Å². The van der Waals surface area contributed by atoms with Crippen molar-refractivity contribution in [1.29, 1.82) is 0 Å². The van der Waals surface area contributed by atoms with E-state index in [0.29, 0.717) is 6.61 Å². The van der Waals surface area contributed by atoms with Gasteiger partial charge in [0.15, 0.2) is 11.5 Å². The molecule has 0 atom stereocenters. The Morgan fingerprint density at radius 3 is 1.96 bits per heavy atom. The van der Waals surface area contributed by atoms with Crippen LogP contribution in [0.2, 0.25) is 0 Å². The van der Waals surface area contributed by atoms with Gasteiger partial charge in [-0.3, -0.25) is 0 Å². The van der Waals surface area contributed by atoms with Gasteiger partial charge in [-0.1, -0.05) is 46.6 Å². The number of aliphatic hydroxyl groups excluding tert-OH is 1. The average molecular weight is 325 g/mol. The molecule has 0 unspecified atom stereocenters. The number of ether oxygens (including phenoxy) is 2. The van der Waals surface area contributed by atoms with Gasteiger partial charge >= 0.3 is 0 Å². The molecule has 0 aliphatic carbocycles. The first kappa shape index (κ1) is 21.8. The van der Waals surface area contributed by atoms with E-state index >= 15 is 0 Å². The molecule has 0 fully saturated rings. The molecule has 1 N–H and O–H groups in total. The second-order valence-electron chi connectivity index (χ2n) is 6.74. The summed E-state index contributed by atoms with van der Waals surface area (Å²) in [6.07, 6.45) is 5.69. The third-order valence-electron chi connectivity index (χ3n) is 3.65. The first-order chi connectivity index (χ1) is 10.9. The van der Waals surface area contributed by atoms with Crippen molar-refractivity contribution in [1.82, 2.24) is 0 Å². The van der Waals surface area contributed by atoms with Crippen LogP contribution in [0.15, 0.2) is 18.2 Å². The lowest BCUT2D eigenvalue weighted by Gasteiger charge is -2.10. The third kappa shape index (κ3) is 11.0. The van der Waals surface area contributed by atoms with Crippen LogP contribution in [0.4, 0.5) is 0 Å². The average Bonchev–Trinajstić information content (AvgIpc) is 2.53. The minimum absolute atomic E-state index is 0.354. The molecule has 0 saturated heterocycles. The molecule has 0 aromatic heterocycles.